The van der Waals surface area contributed by atoms with Crippen molar-refractivity contribution in [2.24, 2.45) is 0 Å². The van der Waals surface area contributed by atoms with E-state index in [1.54, 1.807) is 0 Å². The van der Waals surface area contributed by atoms with Crippen molar-refractivity contribution in [1.82, 2.24) is 15.1 Å². The average molecular weight is 406 g/mol. The van der Waals surface area contributed by atoms with Crippen molar-refractivity contribution in [2.45, 2.75) is 44.6 Å². The third kappa shape index (κ3) is 5.71. The van der Waals surface area contributed by atoms with Crippen LogP contribution in [0.3, 0.4) is 0 Å². The quantitative estimate of drug-likeness (QED) is 0.754. The number of hydrogen-bond donors (Lipinski definition) is 1. The average Bonchev–Trinajstić information content (AvgIpc) is 3.29. The lowest BCUT2D eigenvalue weighted by Crippen LogP contribution is -2.29. The predicted molar refractivity (Wildman–Crippen MR) is 123 cm³/mol. The maximum Gasteiger partial charge on any atom is 0.251 e. The van der Waals surface area contributed by atoms with E-state index in [0.29, 0.717) is 12.5 Å². The van der Waals surface area contributed by atoms with E-state index in [-0.39, 0.29) is 5.91 Å². The van der Waals surface area contributed by atoms with Crippen LogP contribution in [-0.2, 0) is 13.0 Å². The van der Waals surface area contributed by atoms with Crippen molar-refractivity contribution >= 4 is 5.91 Å². The molecule has 2 saturated heterocycles. The molecule has 2 aliphatic rings. The molecule has 0 bridgehead atoms. The van der Waals surface area contributed by atoms with Crippen LogP contribution in [0.1, 0.15) is 58.6 Å². The highest BCUT2D eigenvalue weighted by Gasteiger charge is 2.18. The minimum absolute atomic E-state index is 0.0237. The van der Waals surface area contributed by atoms with Gasteiger partial charge in [-0.3, -0.25) is 9.69 Å². The lowest BCUT2D eigenvalue weighted by Gasteiger charge is -2.29. The van der Waals surface area contributed by atoms with Crippen molar-refractivity contribution in [1.29, 1.82) is 0 Å². The standard InChI is InChI=1S/C26H35N3O/c1-28-18-13-24(14-19-28)23-8-10-25(11-9-23)26(30)27-15-12-21-4-6-22(7-5-21)20-29-16-2-3-17-29/h4-11,24H,2-3,12-20H2,1H3,(H,27,30). The summed E-state index contributed by atoms with van der Waals surface area (Å²) >= 11 is 0. The van der Waals surface area contributed by atoms with Gasteiger partial charge in [0.05, 0.1) is 0 Å². The number of benzene rings is 2. The van der Waals surface area contributed by atoms with Gasteiger partial charge in [-0.15, -0.1) is 0 Å². The molecule has 1 amide bonds. The number of nitrogens with one attached hydrogen (secondary N) is 1. The highest BCUT2D eigenvalue weighted by molar-refractivity contribution is 5.94. The number of carbonyl (C=O) groups excluding carboxylic acids is 1. The predicted octanol–water partition coefficient (Wildman–Crippen LogP) is 4.06. The molecule has 1 N–H and O–H groups in total. The Balaban J connectivity index is 1.21. The molecule has 2 aromatic rings. The SMILES string of the molecule is CN1CCC(c2ccc(C(=O)NCCc3ccc(CN4CCCC4)cc3)cc2)CC1. The highest BCUT2D eigenvalue weighted by Crippen LogP contribution is 2.27. The Kier molecular flexibility index (Phi) is 7.19. The minimum atomic E-state index is 0.0237. The Labute approximate surface area is 181 Å². The van der Waals surface area contributed by atoms with Gasteiger partial charge in [-0.1, -0.05) is 36.4 Å². The zero-order chi connectivity index (χ0) is 20.8. The Bertz CT molecular complexity index is 801. The maximum absolute atomic E-state index is 12.5. The van der Waals surface area contributed by atoms with Crippen LogP contribution in [0.15, 0.2) is 48.5 Å². The summed E-state index contributed by atoms with van der Waals surface area (Å²) in [6.45, 7) is 6.50. The first kappa shape index (κ1) is 21.1. The number of amides is 1. The fourth-order valence-electron chi connectivity index (χ4n) is 4.68. The maximum atomic E-state index is 12.5. The van der Waals surface area contributed by atoms with Crippen LogP contribution in [0.5, 0.6) is 0 Å². The Hall–Kier alpha value is -2.17. The summed E-state index contributed by atoms with van der Waals surface area (Å²) in [6.07, 6.45) is 5.94. The van der Waals surface area contributed by atoms with Gasteiger partial charge in [-0.05, 0) is 100 Å². The van der Waals surface area contributed by atoms with Gasteiger partial charge in [0.15, 0.2) is 0 Å². The van der Waals surface area contributed by atoms with E-state index in [9.17, 15) is 4.79 Å². The van der Waals surface area contributed by atoms with Crippen LogP contribution in [-0.4, -0.2) is 55.5 Å². The zero-order valence-corrected chi connectivity index (χ0v) is 18.3. The molecular weight excluding hydrogens is 370 g/mol. The first-order chi connectivity index (χ1) is 14.7. The van der Waals surface area contributed by atoms with E-state index in [1.807, 2.05) is 12.1 Å². The summed E-state index contributed by atoms with van der Waals surface area (Å²) in [5.74, 6) is 0.655. The van der Waals surface area contributed by atoms with Gasteiger partial charge < -0.3 is 10.2 Å². The van der Waals surface area contributed by atoms with Gasteiger partial charge in [-0.2, -0.15) is 0 Å². The molecule has 4 heteroatoms. The number of carbonyl (C=O) groups is 1. The lowest BCUT2D eigenvalue weighted by molar-refractivity contribution is 0.0954. The molecule has 160 valence electrons. The van der Waals surface area contributed by atoms with E-state index in [0.717, 1.165) is 31.6 Å². The summed E-state index contributed by atoms with van der Waals surface area (Å²) in [5.41, 5.74) is 4.79. The van der Waals surface area contributed by atoms with Gasteiger partial charge >= 0.3 is 0 Å². The zero-order valence-electron chi connectivity index (χ0n) is 18.3. The molecule has 30 heavy (non-hydrogen) atoms. The van der Waals surface area contributed by atoms with Crippen LogP contribution in [0.4, 0.5) is 0 Å². The highest BCUT2D eigenvalue weighted by atomic mass is 16.1. The second-order valence-electron chi connectivity index (χ2n) is 9.01. The van der Waals surface area contributed by atoms with Gasteiger partial charge in [0.2, 0.25) is 0 Å². The first-order valence-corrected chi connectivity index (χ1v) is 11.5. The molecule has 0 saturated carbocycles. The third-order valence-corrected chi connectivity index (χ3v) is 6.69. The second-order valence-corrected chi connectivity index (χ2v) is 9.01. The first-order valence-electron chi connectivity index (χ1n) is 11.5. The third-order valence-electron chi connectivity index (χ3n) is 6.69. The van der Waals surface area contributed by atoms with E-state index in [1.165, 1.54) is 55.5 Å². The summed E-state index contributed by atoms with van der Waals surface area (Å²) in [4.78, 5) is 17.4. The molecule has 0 aromatic heterocycles. The van der Waals surface area contributed by atoms with Crippen LogP contribution < -0.4 is 5.32 Å². The Morgan fingerprint density at radius 2 is 1.53 bits per heavy atom. The monoisotopic (exact) mass is 405 g/mol. The second kappa shape index (κ2) is 10.2. The van der Waals surface area contributed by atoms with E-state index in [4.69, 9.17) is 0 Å². The largest absolute Gasteiger partial charge is 0.352 e. The molecule has 0 unspecified atom stereocenters. The molecule has 2 aliphatic heterocycles. The number of likely N-dealkylation sites (tertiary alicyclic amines) is 2. The minimum Gasteiger partial charge on any atom is -0.352 e. The summed E-state index contributed by atoms with van der Waals surface area (Å²) in [6, 6.07) is 17.1. The number of hydrogen-bond acceptors (Lipinski definition) is 3. The normalized spacial score (nSPS) is 18.6. The summed E-state index contributed by atoms with van der Waals surface area (Å²) in [5, 5.41) is 3.07. The van der Waals surface area contributed by atoms with Crippen LogP contribution in [0.25, 0.3) is 0 Å². The molecule has 0 radical (unpaired) electrons. The molecular formula is C26H35N3O. The van der Waals surface area contributed by atoms with E-state index >= 15 is 0 Å². The lowest BCUT2D eigenvalue weighted by atomic mass is 9.89. The molecule has 2 fully saturated rings. The van der Waals surface area contributed by atoms with Crippen molar-refractivity contribution in [3.8, 4) is 0 Å². The Morgan fingerprint density at radius 3 is 2.20 bits per heavy atom. The van der Waals surface area contributed by atoms with Crippen molar-refractivity contribution in [3.05, 3.63) is 70.8 Å². The smallest absolute Gasteiger partial charge is 0.251 e. The van der Waals surface area contributed by atoms with Crippen molar-refractivity contribution < 1.29 is 4.79 Å². The van der Waals surface area contributed by atoms with Gasteiger partial charge in [0.1, 0.15) is 0 Å². The number of piperidine rings is 1. The van der Waals surface area contributed by atoms with Crippen LogP contribution >= 0.6 is 0 Å². The fourth-order valence-corrected chi connectivity index (χ4v) is 4.68. The van der Waals surface area contributed by atoms with Crippen LogP contribution in [0, 0.1) is 0 Å². The molecule has 4 nitrogen and oxygen atoms in total. The molecule has 0 aliphatic carbocycles. The van der Waals surface area contributed by atoms with Gasteiger partial charge in [0, 0.05) is 18.7 Å². The van der Waals surface area contributed by atoms with Crippen molar-refractivity contribution in [3.63, 3.8) is 0 Å². The van der Waals surface area contributed by atoms with Crippen LogP contribution in [0.2, 0.25) is 0 Å². The summed E-state index contributed by atoms with van der Waals surface area (Å²) < 4.78 is 0. The van der Waals surface area contributed by atoms with Crippen molar-refractivity contribution in [2.75, 3.05) is 39.8 Å². The van der Waals surface area contributed by atoms with E-state index < -0.39 is 0 Å². The summed E-state index contributed by atoms with van der Waals surface area (Å²) in [7, 11) is 2.19. The number of rotatable bonds is 7. The van der Waals surface area contributed by atoms with Gasteiger partial charge in [-0.25, -0.2) is 0 Å². The molecule has 2 heterocycles. The fraction of sp³-hybridized carbons (Fsp3) is 0.500. The van der Waals surface area contributed by atoms with E-state index in [2.05, 4.69) is 58.6 Å². The molecule has 0 atom stereocenters. The van der Waals surface area contributed by atoms with Gasteiger partial charge in [0.25, 0.3) is 5.91 Å². The topological polar surface area (TPSA) is 35.6 Å². The molecule has 0 spiro atoms. The molecule has 2 aromatic carbocycles. The number of nitrogens with zero attached hydrogens (tertiary/aromatic N) is 2. The Morgan fingerprint density at radius 1 is 0.900 bits per heavy atom. The molecule has 4 rings (SSSR count).